The predicted octanol–water partition coefficient (Wildman–Crippen LogP) is 4.07. The molecule has 3 aromatic carbocycles. The average molecular weight is 416 g/mol. The van der Waals surface area contributed by atoms with Crippen LogP contribution in [0.2, 0.25) is 0 Å². The maximum Gasteiger partial charge on any atom is 0.335 e. The van der Waals surface area contributed by atoms with Crippen molar-refractivity contribution in [1.29, 1.82) is 0 Å². The van der Waals surface area contributed by atoms with Crippen molar-refractivity contribution in [3.05, 3.63) is 101 Å². The Bertz CT molecular complexity index is 1190. The molecule has 3 aromatic rings. The van der Waals surface area contributed by atoms with Gasteiger partial charge in [-0.1, -0.05) is 54.6 Å². The molecule has 1 heterocycles. The summed E-state index contributed by atoms with van der Waals surface area (Å²) in [6, 6.07) is 20.5. The maximum atomic E-state index is 13.9. The highest BCUT2D eigenvalue weighted by Gasteiger charge is 2.36. The van der Waals surface area contributed by atoms with Crippen molar-refractivity contribution < 1.29 is 23.5 Å². The van der Waals surface area contributed by atoms with Gasteiger partial charge in [-0.15, -0.1) is 0 Å². The van der Waals surface area contributed by atoms with Crippen molar-refractivity contribution in [3.8, 4) is 5.75 Å². The molecule has 0 spiro atoms. The normalized spacial score (nSPS) is 15.2. The fourth-order valence-electron chi connectivity index (χ4n) is 3.13. The zero-order valence-corrected chi connectivity index (χ0v) is 16.2. The molecule has 7 heteroatoms. The number of anilines is 1. The van der Waals surface area contributed by atoms with Crippen LogP contribution < -0.4 is 15.0 Å². The van der Waals surface area contributed by atoms with E-state index >= 15 is 0 Å². The Balaban J connectivity index is 1.64. The molecule has 0 unspecified atom stereocenters. The number of hydrogen-bond donors (Lipinski definition) is 1. The Morgan fingerprint density at radius 3 is 2.32 bits per heavy atom. The molecule has 1 saturated heterocycles. The van der Waals surface area contributed by atoms with Crippen LogP contribution in [-0.4, -0.2) is 17.8 Å². The number of imide groups is 2. The minimum Gasteiger partial charge on any atom is -0.488 e. The molecule has 154 valence electrons. The van der Waals surface area contributed by atoms with Crippen LogP contribution >= 0.6 is 0 Å². The van der Waals surface area contributed by atoms with Gasteiger partial charge in [0.05, 0.1) is 5.69 Å². The molecule has 0 aliphatic carbocycles. The summed E-state index contributed by atoms with van der Waals surface area (Å²) in [5.41, 5.74) is 0.940. The number of carbonyl (C=O) groups is 3. The highest BCUT2D eigenvalue weighted by molar-refractivity contribution is 6.39. The number of benzene rings is 3. The molecule has 0 saturated carbocycles. The minimum absolute atomic E-state index is 0.0262. The summed E-state index contributed by atoms with van der Waals surface area (Å²) in [6.45, 7) is -0.0262. The number of rotatable bonds is 5. The molecule has 0 atom stereocenters. The lowest BCUT2D eigenvalue weighted by Crippen LogP contribution is -2.54. The number of amides is 4. The van der Waals surface area contributed by atoms with E-state index in [1.54, 1.807) is 72.8 Å². The topological polar surface area (TPSA) is 75.7 Å². The summed E-state index contributed by atoms with van der Waals surface area (Å²) in [5, 5.41) is 2.18. The lowest BCUT2D eigenvalue weighted by atomic mass is 10.1. The minimum atomic E-state index is -0.817. The van der Waals surface area contributed by atoms with Gasteiger partial charge in [0, 0.05) is 11.1 Å². The lowest BCUT2D eigenvalue weighted by molar-refractivity contribution is -0.122. The molecule has 0 radical (unpaired) electrons. The first-order valence-electron chi connectivity index (χ1n) is 9.46. The van der Waals surface area contributed by atoms with Gasteiger partial charge < -0.3 is 4.74 Å². The van der Waals surface area contributed by atoms with E-state index in [1.807, 2.05) is 0 Å². The number of nitrogens with one attached hydrogen (secondary N) is 1. The zero-order valence-electron chi connectivity index (χ0n) is 16.2. The summed E-state index contributed by atoms with van der Waals surface area (Å²) in [6.07, 6.45) is 1.36. The molecule has 0 bridgehead atoms. The van der Waals surface area contributed by atoms with Gasteiger partial charge in [0.15, 0.2) is 0 Å². The van der Waals surface area contributed by atoms with E-state index in [0.717, 1.165) is 4.90 Å². The van der Waals surface area contributed by atoms with Crippen molar-refractivity contribution in [2.24, 2.45) is 0 Å². The number of halogens is 1. The van der Waals surface area contributed by atoms with Gasteiger partial charge in [-0.2, -0.15) is 0 Å². The second-order valence-electron chi connectivity index (χ2n) is 6.71. The van der Waals surface area contributed by atoms with Crippen molar-refractivity contribution in [2.75, 3.05) is 4.90 Å². The van der Waals surface area contributed by atoms with Crippen LogP contribution in [-0.2, 0) is 16.2 Å². The summed E-state index contributed by atoms with van der Waals surface area (Å²) < 4.78 is 19.6. The summed E-state index contributed by atoms with van der Waals surface area (Å²) in [5.74, 6) is -1.57. The molecule has 1 aliphatic heterocycles. The van der Waals surface area contributed by atoms with E-state index < -0.39 is 23.7 Å². The van der Waals surface area contributed by atoms with E-state index in [2.05, 4.69) is 5.32 Å². The second-order valence-corrected chi connectivity index (χ2v) is 6.71. The highest BCUT2D eigenvalue weighted by Crippen LogP contribution is 2.26. The fraction of sp³-hybridized carbons (Fsp3) is 0.0417. The SMILES string of the molecule is O=C1NC(=O)N(c2ccccc2)C(=O)/C1=C/c1ccccc1OCc1ccccc1F. The van der Waals surface area contributed by atoms with Crippen LogP contribution in [0, 0.1) is 5.82 Å². The Hall–Kier alpha value is -4.26. The average Bonchev–Trinajstić information content (AvgIpc) is 2.77. The van der Waals surface area contributed by atoms with Gasteiger partial charge in [0.1, 0.15) is 23.7 Å². The molecule has 1 N–H and O–H groups in total. The van der Waals surface area contributed by atoms with Gasteiger partial charge in [0.25, 0.3) is 11.8 Å². The molecule has 0 aromatic heterocycles. The third-order valence-corrected chi connectivity index (χ3v) is 4.68. The number of ether oxygens (including phenoxy) is 1. The Kier molecular flexibility index (Phi) is 5.57. The number of hydrogen-bond acceptors (Lipinski definition) is 4. The summed E-state index contributed by atoms with van der Waals surface area (Å²) in [7, 11) is 0. The Labute approximate surface area is 177 Å². The first-order valence-corrected chi connectivity index (χ1v) is 9.46. The standard InChI is InChI=1S/C24H17FN2O4/c25-20-12-6-4-9-17(20)15-31-21-13-7-5-8-16(21)14-19-22(28)26-24(30)27(23(19)29)18-10-2-1-3-11-18/h1-14H,15H2,(H,26,28,30)/b19-14+. The van der Waals surface area contributed by atoms with Crippen LogP contribution in [0.15, 0.2) is 84.4 Å². The number of para-hydroxylation sites is 2. The Morgan fingerprint density at radius 1 is 0.871 bits per heavy atom. The number of carbonyl (C=O) groups excluding carboxylic acids is 3. The lowest BCUT2D eigenvalue weighted by Gasteiger charge is -2.26. The fourth-order valence-corrected chi connectivity index (χ4v) is 3.13. The van der Waals surface area contributed by atoms with Crippen molar-refractivity contribution in [1.82, 2.24) is 5.32 Å². The first-order chi connectivity index (χ1) is 15.0. The largest absolute Gasteiger partial charge is 0.488 e. The number of barbiturate groups is 1. The molecule has 6 nitrogen and oxygen atoms in total. The van der Waals surface area contributed by atoms with Crippen LogP contribution in [0.1, 0.15) is 11.1 Å². The van der Waals surface area contributed by atoms with Crippen molar-refractivity contribution in [2.45, 2.75) is 6.61 Å². The quantitative estimate of drug-likeness (QED) is 0.503. The third kappa shape index (κ3) is 4.20. The zero-order chi connectivity index (χ0) is 21.8. The van der Waals surface area contributed by atoms with Gasteiger partial charge in [-0.25, -0.2) is 14.1 Å². The first kappa shape index (κ1) is 20.0. The molecule has 1 fully saturated rings. The third-order valence-electron chi connectivity index (χ3n) is 4.68. The molecule has 4 amide bonds. The van der Waals surface area contributed by atoms with Gasteiger partial charge in [0.2, 0.25) is 0 Å². The van der Waals surface area contributed by atoms with Crippen molar-refractivity contribution in [3.63, 3.8) is 0 Å². The smallest absolute Gasteiger partial charge is 0.335 e. The van der Waals surface area contributed by atoms with Gasteiger partial charge in [-0.3, -0.25) is 14.9 Å². The van der Waals surface area contributed by atoms with Crippen LogP contribution in [0.25, 0.3) is 6.08 Å². The second kappa shape index (κ2) is 8.62. The van der Waals surface area contributed by atoms with E-state index in [-0.39, 0.29) is 12.2 Å². The van der Waals surface area contributed by atoms with Crippen LogP contribution in [0.5, 0.6) is 5.75 Å². The van der Waals surface area contributed by atoms with E-state index in [4.69, 9.17) is 4.74 Å². The van der Waals surface area contributed by atoms with Gasteiger partial charge in [-0.05, 0) is 30.3 Å². The van der Waals surface area contributed by atoms with E-state index in [0.29, 0.717) is 22.6 Å². The number of urea groups is 1. The highest BCUT2D eigenvalue weighted by atomic mass is 19.1. The van der Waals surface area contributed by atoms with Gasteiger partial charge >= 0.3 is 6.03 Å². The van der Waals surface area contributed by atoms with Crippen molar-refractivity contribution >= 4 is 29.6 Å². The maximum absolute atomic E-state index is 13.9. The summed E-state index contributed by atoms with van der Waals surface area (Å²) >= 11 is 0. The molecular weight excluding hydrogens is 399 g/mol. The van der Waals surface area contributed by atoms with E-state index in [1.165, 1.54) is 12.1 Å². The molecule has 1 aliphatic rings. The molecule has 31 heavy (non-hydrogen) atoms. The monoisotopic (exact) mass is 416 g/mol. The molecular formula is C24H17FN2O4. The molecule has 4 rings (SSSR count). The van der Waals surface area contributed by atoms with E-state index in [9.17, 15) is 18.8 Å². The Morgan fingerprint density at radius 2 is 1.55 bits per heavy atom. The van der Waals surface area contributed by atoms with Crippen LogP contribution in [0.3, 0.4) is 0 Å². The number of nitrogens with zero attached hydrogens (tertiary/aromatic N) is 1. The predicted molar refractivity (Wildman–Crippen MR) is 113 cm³/mol. The summed E-state index contributed by atoms with van der Waals surface area (Å²) in [4.78, 5) is 38.5. The van der Waals surface area contributed by atoms with Crippen LogP contribution in [0.4, 0.5) is 14.9 Å².